The number of carbonyl (C=O) groups excluding carboxylic acids is 1. The highest BCUT2D eigenvalue weighted by Gasteiger charge is 2.37. The Morgan fingerprint density at radius 3 is 2.60 bits per heavy atom. The Hall–Kier alpha value is -1.83. The van der Waals surface area contributed by atoms with Crippen LogP contribution < -0.4 is 4.74 Å². The Bertz CT molecular complexity index is 1040. The number of hydrogen-bond donors (Lipinski definition) is 0. The first-order valence-electron chi connectivity index (χ1n) is 9.44. The monoisotopic (exact) mass is 473 g/mol. The third kappa shape index (κ3) is 5.25. The zero-order chi connectivity index (χ0) is 22.1. The molecule has 1 aliphatic heterocycles. The topological polar surface area (TPSA) is 63.7 Å². The molecule has 9 heteroatoms. The van der Waals surface area contributed by atoms with Crippen LogP contribution in [0.4, 0.5) is 4.39 Å². The van der Waals surface area contributed by atoms with Crippen LogP contribution in [-0.4, -0.2) is 42.9 Å². The van der Waals surface area contributed by atoms with Gasteiger partial charge in [0.15, 0.2) is 15.9 Å². The van der Waals surface area contributed by atoms with Gasteiger partial charge in [-0.3, -0.25) is 4.79 Å². The van der Waals surface area contributed by atoms with Crippen LogP contribution in [0.1, 0.15) is 24.5 Å². The molecule has 2 aromatic carbocycles. The zero-order valence-corrected chi connectivity index (χ0v) is 18.9. The number of halogens is 3. The van der Waals surface area contributed by atoms with Crippen LogP contribution in [0.2, 0.25) is 10.0 Å². The maximum atomic E-state index is 14.4. The fraction of sp³-hybridized carbons (Fsp3) is 0.381. The number of benzene rings is 2. The molecule has 1 heterocycles. The summed E-state index contributed by atoms with van der Waals surface area (Å²) < 4.78 is 44.1. The van der Waals surface area contributed by atoms with Gasteiger partial charge < -0.3 is 9.64 Å². The van der Waals surface area contributed by atoms with Gasteiger partial charge in [-0.1, -0.05) is 29.3 Å². The number of amides is 1. The zero-order valence-electron chi connectivity index (χ0n) is 16.6. The summed E-state index contributed by atoms with van der Waals surface area (Å²) in [6.07, 6.45) is -0.633. The molecule has 1 saturated heterocycles. The molecule has 0 bridgehead atoms. The third-order valence-corrected chi connectivity index (χ3v) is 7.64. The SMILES string of the molecule is Cc1cc(O[C@@H](C)C(=O)N(Cc2c(F)cccc2Cl)[C@H]2CCS(=O)(=O)C2)ccc1Cl. The average molecular weight is 474 g/mol. The Labute approximate surface area is 185 Å². The summed E-state index contributed by atoms with van der Waals surface area (Å²) in [6, 6.07) is 8.72. The van der Waals surface area contributed by atoms with E-state index >= 15 is 0 Å². The fourth-order valence-corrected chi connectivity index (χ4v) is 5.51. The molecule has 2 aromatic rings. The van der Waals surface area contributed by atoms with Gasteiger partial charge in [0.1, 0.15) is 11.6 Å². The summed E-state index contributed by atoms with van der Waals surface area (Å²) in [5.74, 6) is -0.719. The first kappa shape index (κ1) is 22.8. The van der Waals surface area contributed by atoms with Crippen molar-refractivity contribution in [2.45, 2.75) is 39.0 Å². The smallest absolute Gasteiger partial charge is 0.263 e. The van der Waals surface area contributed by atoms with E-state index in [0.717, 1.165) is 5.56 Å². The standard InChI is InChI=1S/C21H22Cl2FNO4S/c1-13-10-16(6-7-18(13)22)29-14(2)21(26)25(15-8-9-30(27,28)12-15)11-17-19(23)4-3-5-20(17)24/h3-7,10,14-15H,8-9,11-12H2,1-2H3/t14-,15-/m0/s1. The summed E-state index contributed by atoms with van der Waals surface area (Å²) in [5.41, 5.74) is 0.942. The van der Waals surface area contributed by atoms with Crippen LogP contribution in [0, 0.1) is 12.7 Å². The molecule has 162 valence electrons. The molecule has 1 aliphatic rings. The molecular formula is C21H22Cl2FNO4S. The minimum Gasteiger partial charge on any atom is -0.481 e. The molecular weight excluding hydrogens is 452 g/mol. The summed E-state index contributed by atoms with van der Waals surface area (Å²) in [4.78, 5) is 14.6. The molecule has 2 atom stereocenters. The lowest BCUT2D eigenvalue weighted by Crippen LogP contribution is -2.46. The summed E-state index contributed by atoms with van der Waals surface area (Å²) >= 11 is 12.2. The summed E-state index contributed by atoms with van der Waals surface area (Å²) in [6.45, 7) is 3.25. The molecule has 5 nitrogen and oxygen atoms in total. The number of nitrogens with zero attached hydrogens (tertiary/aromatic N) is 1. The number of carbonyl (C=O) groups is 1. The average Bonchev–Trinajstić information content (AvgIpc) is 3.03. The summed E-state index contributed by atoms with van der Waals surface area (Å²) in [5, 5.41) is 0.754. The molecule has 0 aromatic heterocycles. The van der Waals surface area contributed by atoms with Gasteiger partial charge in [-0.25, -0.2) is 12.8 Å². The maximum absolute atomic E-state index is 14.4. The van der Waals surface area contributed by atoms with Crippen LogP contribution >= 0.6 is 23.2 Å². The van der Waals surface area contributed by atoms with Gasteiger partial charge in [0.05, 0.1) is 18.1 Å². The van der Waals surface area contributed by atoms with Crippen molar-refractivity contribution < 1.29 is 22.3 Å². The van der Waals surface area contributed by atoms with E-state index < -0.39 is 33.7 Å². The lowest BCUT2D eigenvalue weighted by Gasteiger charge is -2.31. The molecule has 0 unspecified atom stereocenters. The summed E-state index contributed by atoms with van der Waals surface area (Å²) in [7, 11) is -3.26. The van der Waals surface area contributed by atoms with Crippen LogP contribution in [0.5, 0.6) is 5.75 Å². The van der Waals surface area contributed by atoms with Crippen molar-refractivity contribution in [3.05, 3.63) is 63.4 Å². The second-order valence-corrected chi connectivity index (χ2v) is 10.4. The van der Waals surface area contributed by atoms with Crippen molar-refractivity contribution >= 4 is 38.9 Å². The van der Waals surface area contributed by atoms with Crippen molar-refractivity contribution in [2.75, 3.05) is 11.5 Å². The van der Waals surface area contributed by atoms with Crippen molar-refractivity contribution in [3.8, 4) is 5.75 Å². The number of aryl methyl sites for hydroxylation is 1. The molecule has 0 radical (unpaired) electrons. The Morgan fingerprint density at radius 1 is 1.27 bits per heavy atom. The molecule has 3 rings (SSSR count). The molecule has 1 amide bonds. The second kappa shape index (κ2) is 9.12. The molecule has 30 heavy (non-hydrogen) atoms. The number of rotatable bonds is 6. The van der Waals surface area contributed by atoms with Gasteiger partial charge in [-0.05, 0) is 56.2 Å². The van der Waals surface area contributed by atoms with E-state index in [0.29, 0.717) is 10.8 Å². The molecule has 0 aliphatic carbocycles. The van der Waals surface area contributed by atoms with Crippen molar-refractivity contribution in [2.24, 2.45) is 0 Å². The minimum absolute atomic E-state index is 0.0158. The van der Waals surface area contributed by atoms with Crippen LogP contribution in [0.25, 0.3) is 0 Å². The number of sulfone groups is 1. The van der Waals surface area contributed by atoms with E-state index in [1.54, 1.807) is 25.1 Å². The normalized spacial score (nSPS) is 18.8. The predicted molar refractivity (Wildman–Crippen MR) is 115 cm³/mol. The lowest BCUT2D eigenvalue weighted by molar-refractivity contribution is -0.140. The van der Waals surface area contributed by atoms with Gasteiger partial charge in [0.25, 0.3) is 5.91 Å². The van der Waals surface area contributed by atoms with Crippen molar-refractivity contribution in [1.29, 1.82) is 0 Å². The van der Waals surface area contributed by atoms with E-state index in [4.69, 9.17) is 27.9 Å². The quantitative estimate of drug-likeness (QED) is 0.622. The third-order valence-electron chi connectivity index (χ3n) is 5.11. The highest BCUT2D eigenvalue weighted by atomic mass is 35.5. The molecule has 1 fully saturated rings. The minimum atomic E-state index is -3.26. The number of ether oxygens (including phenoxy) is 1. The van der Waals surface area contributed by atoms with Crippen LogP contribution in [0.3, 0.4) is 0 Å². The Kier molecular flexibility index (Phi) is 6.95. The van der Waals surface area contributed by atoms with Gasteiger partial charge >= 0.3 is 0 Å². The Balaban J connectivity index is 1.86. The van der Waals surface area contributed by atoms with Gasteiger partial charge in [-0.15, -0.1) is 0 Å². The van der Waals surface area contributed by atoms with Crippen LogP contribution in [0.15, 0.2) is 36.4 Å². The highest BCUT2D eigenvalue weighted by molar-refractivity contribution is 7.91. The predicted octanol–water partition coefficient (Wildman–Crippen LogP) is 4.42. The van der Waals surface area contributed by atoms with Crippen molar-refractivity contribution in [3.63, 3.8) is 0 Å². The molecule has 0 spiro atoms. The van der Waals surface area contributed by atoms with Crippen LogP contribution in [-0.2, 0) is 21.2 Å². The van der Waals surface area contributed by atoms with E-state index in [1.165, 1.54) is 23.1 Å². The first-order chi connectivity index (χ1) is 14.1. The van der Waals surface area contributed by atoms with E-state index in [2.05, 4.69) is 0 Å². The highest BCUT2D eigenvalue weighted by Crippen LogP contribution is 2.27. The molecule has 0 N–H and O–H groups in total. The van der Waals surface area contributed by atoms with E-state index in [1.807, 2.05) is 6.92 Å². The van der Waals surface area contributed by atoms with Gasteiger partial charge in [0.2, 0.25) is 0 Å². The maximum Gasteiger partial charge on any atom is 0.263 e. The lowest BCUT2D eigenvalue weighted by atomic mass is 10.1. The largest absolute Gasteiger partial charge is 0.481 e. The van der Waals surface area contributed by atoms with Gasteiger partial charge in [-0.2, -0.15) is 0 Å². The Morgan fingerprint density at radius 2 is 2.00 bits per heavy atom. The number of hydrogen-bond acceptors (Lipinski definition) is 4. The fourth-order valence-electron chi connectivity index (χ4n) is 3.44. The van der Waals surface area contributed by atoms with Crippen molar-refractivity contribution in [1.82, 2.24) is 4.90 Å². The first-order valence-corrected chi connectivity index (χ1v) is 12.0. The van der Waals surface area contributed by atoms with E-state index in [-0.39, 0.29) is 35.1 Å². The van der Waals surface area contributed by atoms with Gasteiger partial charge in [0, 0.05) is 21.7 Å². The molecule has 0 saturated carbocycles. The van der Waals surface area contributed by atoms with E-state index in [9.17, 15) is 17.6 Å². The second-order valence-electron chi connectivity index (χ2n) is 7.39.